The van der Waals surface area contributed by atoms with Gasteiger partial charge in [0.1, 0.15) is 0 Å². The van der Waals surface area contributed by atoms with Gasteiger partial charge in [0.15, 0.2) is 0 Å². The Hall–Kier alpha value is -1.23. The molecule has 1 aromatic carbocycles. The van der Waals surface area contributed by atoms with Crippen LogP contribution in [0.1, 0.15) is 37.7 Å². The van der Waals surface area contributed by atoms with E-state index in [-0.39, 0.29) is 11.8 Å². The van der Waals surface area contributed by atoms with Crippen LogP contribution in [0, 0.1) is 0 Å². The topological polar surface area (TPSA) is 21.3 Å². The molecule has 2 rings (SSSR count). The van der Waals surface area contributed by atoms with Crippen LogP contribution in [0.2, 0.25) is 0 Å². The second kappa shape index (κ2) is 6.97. The number of alkyl halides is 3. The van der Waals surface area contributed by atoms with Gasteiger partial charge in [-0.3, -0.25) is 0 Å². The Kier molecular flexibility index (Phi) is 5.29. The molecular weight excluding hydrogens is 267 g/mol. The fraction of sp³-hybridized carbons (Fsp3) is 0.600. The average Bonchev–Trinajstić information content (AvgIpc) is 2.44. The highest BCUT2D eigenvalue weighted by Gasteiger charge is 2.32. The van der Waals surface area contributed by atoms with Gasteiger partial charge in [0, 0.05) is 12.2 Å². The van der Waals surface area contributed by atoms with Crippen LogP contribution in [0.25, 0.3) is 0 Å². The van der Waals surface area contributed by atoms with E-state index in [1.165, 1.54) is 31.4 Å². The summed E-state index contributed by atoms with van der Waals surface area (Å²) in [6.45, 7) is 0.834. The van der Waals surface area contributed by atoms with Crippen molar-refractivity contribution in [2.24, 2.45) is 0 Å². The van der Waals surface area contributed by atoms with Gasteiger partial charge in [-0.2, -0.15) is 13.2 Å². The highest BCUT2D eigenvalue weighted by Crippen LogP contribution is 2.34. The third kappa shape index (κ3) is 4.40. The van der Waals surface area contributed by atoms with Crippen LogP contribution in [-0.4, -0.2) is 19.3 Å². The molecule has 0 atom stereocenters. The summed E-state index contributed by atoms with van der Waals surface area (Å²) in [6, 6.07) is 5.53. The Morgan fingerprint density at radius 3 is 2.50 bits per heavy atom. The first-order valence-electron chi connectivity index (χ1n) is 7.09. The van der Waals surface area contributed by atoms with Crippen LogP contribution >= 0.6 is 0 Å². The highest BCUT2D eigenvalue weighted by atomic mass is 19.4. The SMILES string of the molecule is FC(F)(F)c1ccccc1NCCOC1CCCCC1. The molecular formula is C15H20F3NO. The van der Waals surface area contributed by atoms with Gasteiger partial charge >= 0.3 is 6.18 Å². The molecule has 1 saturated carbocycles. The summed E-state index contributed by atoms with van der Waals surface area (Å²) < 4.78 is 44.0. The second-order valence-electron chi connectivity index (χ2n) is 5.10. The zero-order chi connectivity index (χ0) is 14.4. The fourth-order valence-electron chi connectivity index (χ4n) is 2.53. The number of para-hydroxylation sites is 1. The lowest BCUT2D eigenvalue weighted by molar-refractivity contribution is -0.137. The van der Waals surface area contributed by atoms with Gasteiger partial charge in [-0.15, -0.1) is 0 Å². The van der Waals surface area contributed by atoms with Crippen LogP contribution < -0.4 is 5.32 Å². The molecule has 1 aliphatic carbocycles. The van der Waals surface area contributed by atoms with E-state index in [2.05, 4.69) is 5.32 Å². The minimum absolute atomic E-state index is 0.118. The van der Waals surface area contributed by atoms with Crippen LogP contribution in [0.4, 0.5) is 18.9 Å². The van der Waals surface area contributed by atoms with Crippen LogP contribution in [-0.2, 0) is 10.9 Å². The summed E-state index contributed by atoms with van der Waals surface area (Å²) in [5.41, 5.74) is -0.509. The van der Waals surface area contributed by atoms with E-state index in [9.17, 15) is 13.2 Å². The lowest BCUT2D eigenvalue weighted by Crippen LogP contribution is -2.21. The number of anilines is 1. The van der Waals surface area contributed by atoms with E-state index in [1.54, 1.807) is 6.07 Å². The van der Waals surface area contributed by atoms with E-state index < -0.39 is 11.7 Å². The molecule has 20 heavy (non-hydrogen) atoms. The monoisotopic (exact) mass is 287 g/mol. The number of hydrogen-bond acceptors (Lipinski definition) is 2. The molecule has 0 aromatic heterocycles. The van der Waals surface area contributed by atoms with Crippen LogP contribution in [0.3, 0.4) is 0 Å². The fourth-order valence-corrected chi connectivity index (χ4v) is 2.53. The van der Waals surface area contributed by atoms with Crippen molar-refractivity contribution in [1.82, 2.24) is 0 Å². The maximum absolute atomic E-state index is 12.8. The van der Waals surface area contributed by atoms with Gasteiger partial charge in [0.2, 0.25) is 0 Å². The standard InChI is InChI=1S/C15H20F3NO/c16-15(17,18)13-8-4-5-9-14(13)19-10-11-20-12-6-2-1-3-7-12/h4-5,8-9,12,19H,1-3,6-7,10-11H2. The van der Waals surface area contributed by atoms with Crippen molar-refractivity contribution in [3.8, 4) is 0 Å². The minimum Gasteiger partial charge on any atom is -0.382 e. The quantitative estimate of drug-likeness (QED) is 0.807. The summed E-state index contributed by atoms with van der Waals surface area (Å²) in [5.74, 6) is 0. The highest BCUT2D eigenvalue weighted by molar-refractivity contribution is 5.52. The summed E-state index contributed by atoms with van der Waals surface area (Å²) >= 11 is 0. The number of benzene rings is 1. The molecule has 0 aliphatic heterocycles. The van der Waals surface area contributed by atoms with Gasteiger partial charge in [0.25, 0.3) is 0 Å². The molecule has 0 unspecified atom stereocenters. The number of ether oxygens (including phenoxy) is 1. The Morgan fingerprint density at radius 1 is 1.10 bits per heavy atom. The summed E-state index contributed by atoms with van der Waals surface area (Å²) in [4.78, 5) is 0. The zero-order valence-corrected chi connectivity index (χ0v) is 11.4. The predicted octanol–water partition coefficient (Wildman–Crippen LogP) is 4.47. The number of rotatable bonds is 5. The van der Waals surface area contributed by atoms with E-state index in [0.29, 0.717) is 13.2 Å². The molecule has 0 radical (unpaired) electrons. The lowest BCUT2D eigenvalue weighted by atomic mass is 9.98. The molecule has 2 nitrogen and oxygen atoms in total. The molecule has 0 heterocycles. The third-order valence-corrected chi connectivity index (χ3v) is 3.56. The predicted molar refractivity (Wildman–Crippen MR) is 72.8 cm³/mol. The molecule has 0 saturated heterocycles. The molecule has 1 N–H and O–H groups in total. The normalized spacial score (nSPS) is 17.1. The van der Waals surface area contributed by atoms with Crippen molar-refractivity contribution in [1.29, 1.82) is 0 Å². The molecule has 0 spiro atoms. The van der Waals surface area contributed by atoms with E-state index in [1.807, 2.05) is 0 Å². The maximum Gasteiger partial charge on any atom is 0.418 e. The number of nitrogens with one attached hydrogen (secondary N) is 1. The van der Waals surface area contributed by atoms with Crippen molar-refractivity contribution in [2.45, 2.75) is 44.4 Å². The molecule has 0 bridgehead atoms. The van der Waals surface area contributed by atoms with Gasteiger partial charge in [-0.1, -0.05) is 31.4 Å². The second-order valence-corrected chi connectivity index (χ2v) is 5.10. The molecule has 1 aliphatic rings. The largest absolute Gasteiger partial charge is 0.418 e. The van der Waals surface area contributed by atoms with E-state index in [0.717, 1.165) is 18.9 Å². The summed E-state index contributed by atoms with van der Waals surface area (Å²) in [6.07, 6.45) is 1.73. The van der Waals surface area contributed by atoms with Gasteiger partial charge in [-0.25, -0.2) is 0 Å². The maximum atomic E-state index is 12.8. The summed E-state index contributed by atoms with van der Waals surface area (Å²) in [7, 11) is 0. The molecule has 0 amide bonds. The molecule has 1 fully saturated rings. The third-order valence-electron chi connectivity index (χ3n) is 3.56. The molecule has 5 heteroatoms. The smallest absolute Gasteiger partial charge is 0.382 e. The average molecular weight is 287 g/mol. The van der Waals surface area contributed by atoms with Gasteiger partial charge < -0.3 is 10.1 Å². The van der Waals surface area contributed by atoms with E-state index >= 15 is 0 Å². The Labute approximate surface area is 117 Å². The summed E-state index contributed by atoms with van der Waals surface area (Å²) in [5, 5.41) is 2.81. The number of halogens is 3. The van der Waals surface area contributed by atoms with Gasteiger partial charge in [0.05, 0.1) is 18.3 Å². The lowest BCUT2D eigenvalue weighted by Gasteiger charge is -2.22. The van der Waals surface area contributed by atoms with Crippen LogP contribution in [0.5, 0.6) is 0 Å². The first kappa shape index (κ1) is 15.2. The van der Waals surface area contributed by atoms with E-state index in [4.69, 9.17) is 4.74 Å². The minimum atomic E-state index is -4.33. The first-order chi connectivity index (χ1) is 9.57. The Balaban J connectivity index is 1.79. The van der Waals surface area contributed by atoms with Crippen LogP contribution in [0.15, 0.2) is 24.3 Å². The molecule has 112 valence electrons. The molecule has 1 aromatic rings. The van der Waals surface area contributed by atoms with Crippen molar-refractivity contribution in [3.63, 3.8) is 0 Å². The zero-order valence-electron chi connectivity index (χ0n) is 11.4. The van der Waals surface area contributed by atoms with Crippen molar-refractivity contribution in [2.75, 3.05) is 18.5 Å². The number of hydrogen-bond donors (Lipinski definition) is 1. The van der Waals surface area contributed by atoms with Gasteiger partial charge in [-0.05, 0) is 25.0 Å². The van der Waals surface area contributed by atoms with Crippen molar-refractivity contribution >= 4 is 5.69 Å². The Morgan fingerprint density at radius 2 is 1.80 bits per heavy atom. The van der Waals surface area contributed by atoms with Crippen molar-refractivity contribution < 1.29 is 17.9 Å². The van der Waals surface area contributed by atoms with Crippen molar-refractivity contribution in [3.05, 3.63) is 29.8 Å². The Bertz CT molecular complexity index is 414. The first-order valence-corrected chi connectivity index (χ1v) is 7.09.